The van der Waals surface area contributed by atoms with E-state index in [9.17, 15) is 31.5 Å². The van der Waals surface area contributed by atoms with Gasteiger partial charge in [-0.3, -0.25) is 9.59 Å². The Labute approximate surface area is 121 Å². The van der Waals surface area contributed by atoms with Crippen LogP contribution in [0.15, 0.2) is 0 Å². The summed E-state index contributed by atoms with van der Waals surface area (Å²) in [6.45, 7) is 2.61. The summed E-state index contributed by atoms with van der Waals surface area (Å²) < 4.78 is 69.9. The maximum absolute atomic E-state index is 13.4. The van der Waals surface area contributed by atoms with Crippen molar-refractivity contribution in [2.75, 3.05) is 0 Å². The zero-order chi connectivity index (χ0) is 17.2. The van der Waals surface area contributed by atoms with Crippen LogP contribution in [0, 0.1) is 34.5 Å². The maximum atomic E-state index is 13.4. The Bertz CT molecular complexity index is 596. The second kappa shape index (κ2) is 6.29. The number of benzene rings is 1. The summed E-state index contributed by atoms with van der Waals surface area (Å²) in [6, 6.07) is 0. The number of halogens is 5. The maximum Gasteiger partial charge on any atom is 0.329 e. The highest BCUT2D eigenvalue weighted by atomic mass is 19.2. The van der Waals surface area contributed by atoms with Crippen molar-refractivity contribution in [1.29, 1.82) is 0 Å². The molecule has 0 spiro atoms. The number of hydrogen-bond donors (Lipinski definition) is 1. The standard InChI is InChI=1S/C13H11F5O4/c1-3-13(4-2,11(19)20)12(21)22-10-8(17)6(15)5(14)7(16)9(10)18/h3-4H2,1-2H3,(H,19,20). The molecule has 0 atom stereocenters. The molecule has 0 unspecified atom stereocenters. The smallest absolute Gasteiger partial charge is 0.329 e. The summed E-state index contributed by atoms with van der Waals surface area (Å²) in [6.07, 6.45) is -0.597. The van der Waals surface area contributed by atoms with Crippen molar-refractivity contribution in [2.24, 2.45) is 5.41 Å². The molecule has 0 bridgehead atoms. The van der Waals surface area contributed by atoms with E-state index in [1.807, 2.05) is 0 Å². The Morgan fingerprint density at radius 2 is 1.27 bits per heavy atom. The van der Waals surface area contributed by atoms with Gasteiger partial charge in [-0.15, -0.1) is 0 Å². The van der Waals surface area contributed by atoms with Crippen molar-refractivity contribution in [3.63, 3.8) is 0 Å². The van der Waals surface area contributed by atoms with Crippen LogP contribution >= 0.6 is 0 Å². The van der Waals surface area contributed by atoms with Gasteiger partial charge >= 0.3 is 11.9 Å². The first-order valence-electron chi connectivity index (χ1n) is 6.11. The molecule has 1 aromatic carbocycles. The second-order valence-corrected chi connectivity index (χ2v) is 4.38. The molecule has 0 saturated carbocycles. The van der Waals surface area contributed by atoms with Crippen LogP contribution in [-0.2, 0) is 9.59 Å². The summed E-state index contributed by atoms with van der Waals surface area (Å²) in [5, 5.41) is 9.07. The largest absolute Gasteiger partial charge is 0.480 e. The molecule has 122 valence electrons. The molecule has 0 aliphatic heterocycles. The average molecular weight is 326 g/mol. The number of esters is 1. The van der Waals surface area contributed by atoms with Crippen molar-refractivity contribution < 1.29 is 41.4 Å². The van der Waals surface area contributed by atoms with Gasteiger partial charge in [0.05, 0.1) is 0 Å². The number of carboxylic acid groups (broad SMARTS) is 1. The van der Waals surface area contributed by atoms with Gasteiger partial charge in [0.15, 0.2) is 5.41 Å². The van der Waals surface area contributed by atoms with Crippen molar-refractivity contribution in [1.82, 2.24) is 0 Å². The SMILES string of the molecule is CCC(CC)(C(=O)O)C(=O)Oc1c(F)c(F)c(F)c(F)c1F. The van der Waals surface area contributed by atoms with Gasteiger partial charge in [0.1, 0.15) is 0 Å². The summed E-state index contributed by atoms with van der Waals surface area (Å²) in [5.41, 5.74) is -2.15. The summed E-state index contributed by atoms with van der Waals surface area (Å²) in [7, 11) is 0. The summed E-state index contributed by atoms with van der Waals surface area (Å²) in [5.74, 6) is -16.8. The number of rotatable bonds is 5. The molecule has 1 aromatic rings. The summed E-state index contributed by atoms with van der Waals surface area (Å²) >= 11 is 0. The Balaban J connectivity index is 3.37. The van der Waals surface area contributed by atoms with Gasteiger partial charge in [0, 0.05) is 0 Å². The van der Waals surface area contributed by atoms with Crippen LogP contribution in [0.3, 0.4) is 0 Å². The third-order valence-electron chi connectivity index (χ3n) is 3.37. The van der Waals surface area contributed by atoms with E-state index < -0.39 is 52.2 Å². The Morgan fingerprint density at radius 3 is 1.59 bits per heavy atom. The van der Waals surface area contributed by atoms with E-state index in [4.69, 9.17) is 5.11 Å². The molecule has 1 N–H and O–H groups in total. The Hall–Kier alpha value is -2.19. The molecule has 0 aliphatic carbocycles. The fraction of sp³-hybridized carbons (Fsp3) is 0.385. The average Bonchev–Trinajstić information content (AvgIpc) is 2.49. The first-order chi connectivity index (χ1) is 10.1. The minimum Gasteiger partial charge on any atom is -0.480 e. The molecular formula is C13H11F5O4. The monoisotopic (exact) mass is 326 g/mol. The normalized spacial score (nSPS) is 11.4. The van der Waals surface area contributed by atoms with Gasteiger partial charge < -0.3 is 9.84 Å². The molecule has 9 heteroatoms. The van der Waals surface area contributed by atoms with Crippen LogP contribution in [0.1, 0.15) is 26.7 Å². The van der Waals surface area contributed by atoms with Crippen LogP contribution in [0.25, 0.3) is 0 Å². The molecule has 0 aliphatic rings. The molecule has 4 nitrogen and oxygen atoms in total. The summed E-state index contributed by atoms with van der Waals surface area (Å²) in [4.78, 5) is 23.1. The molecule has 0 radical (unpaired) electrons. The zero-order valence-corrected chi connectivity index (χ0v) is 11.5. The third kappa shape index (κ3) is 2.62. The highest BCUT2D eigenvalue weighted by molar-refractivity contribution is 5.99. The number of carbonyl (C=O) groups is 2. The first-order valence-corrected chi connectivity index (χ1v) is 6.11. The molecule has 0 saturated heterocycles. The van der Waals surface area contributed by atoms with Crippen molar-refractivity contribution in [2.45, 2.75) is 26.7 Å². The topological polar surface area (TPSA) is 63.6 Å². The van der Waals surface area contributed by atoms with Crippen LogP contribution < -0.4 is 4.74 Å². The number of ether oxygens (including phenoxy) is 1. The molecule has 0 amide bonds. The molecular weight excluding hydrogens is 315 g/mol. The quantitative estimate of drug-likeness (QED) is 0.225. The van der Waals surface area contributed by atoms with E-state index in [1.54, 1.807) is 0 Å². The van der Waals surface area contributed by atoms with E-state index in [-0.39, 0.29) is 12.8 Å². The lowest BCUT2D eigenvalue weighted by Crippen LogP contribution is -2.41. The Morgan fingerprint density at radius 1 is 0.909 bits per heavy atom. The van der Waals surface area contributed by atoms with Crippen molar-refractivity contribution in [3.8, 4) is 5.75 Å². The van der Waals surface area contributed by atoms with E-state index in [2.05, 4.69) is 4.74 Å². The van der Waals surface area contributed by atoms with E-state index in [0.29, 0.717) is 0 Å². The van der Waals surface area contributed by atoms with Crippen LogP contribution in [-0.4, -0.2) is 17.0 Å². The van der Waals surface area contributed by atoms with Gasteiger partial charge in [0.2, 0.25) is 34.8 Å². The van der Waals surface area contributed by atoms with Crippen molar-refractivity contribution >= 4 is 11.9 Å². The zero-order valence-electron chi connectivity index (χ0n) is 11.5. The highest BCUT2D eigenvalue weighted by Crippen LogP contribution is 2.33. The lowest BCUT2D eigenvalue weighted by atomic mass is 9.82. The van der Waals surface area contributed by atoms with Crippen LogP contribution in [0.4, 0.5) is 22.0 Å². The van der Waals surface area contributed by atoms with Gasteiger partial charge in [-0.2, -0.15) is 8.78 Å². The first kappa shape index (κ1) is 17.9. The van der Waals surface area contributed by atoms with Gasteiger partial charge in [-0.25, -0.2) is 13.2 Å². The van der Waals surface area contributed by atoms with E-state index in [0.717, 1.165) is 0 Å². The second-order valence-electron chi connectivity index (χ2n) is 4.38. The number of carboxylic acids is 1. The van der Waals surface area contributed by atoms with E-state index in [1.165, 1.54) is 13.8 Å². The predicted octanol–water partition coefficient (Wildman–Crippen LogP) is 3.18. The van der Waals surface area contributed by atoms with Crippen LogP contribution in [0.2, 0.25) is 0 Å². The van der Waals surface area contributed by atoms with Gasteiger partial charge in [0.25, 0.3) is 0 Å². The van der Waals surface area contributed by atoms with Gasteiger partial charge in [-0.05, 0) is 12.8 Å². The minimum atomic E-state index is -2.41. The number of aliphatic carboxylic acids is 1. The molecule has 1 rings (SSSR count). The van der Waals surface area contributed by atoms with Gasteiger partial charge in [-0.1, -0.05) is 13.8 Å². The fourth-order valence-corrected chi connectivity index (χ4v) is 1.79. The van der Waals surface area contributed by atoms with Crippen LogP contribution in [0.5, 0.6) is 5.75 Å². The van der Waals surface area contributed by atoms with E-state index >= 15 is 0 Å². The Kier molecular flexibility index (Phi) is 5.10. The lowest BCUT2D eigenvalue weighted by molar-refractivity contribution is -0.163. The molecule has 0 aromatic heterocycles. The lowest BCUT2D eigenvalue weighted by Gasteiger charge is -2.24. The third-order valence-corrected chi connectivity index (χ3v) is 3.37. The predicted molar refractivity (Wildman–Crippen MR) is 62.5 cm³/mol. The molecule has 0 heterocycles. The molecule has 22 heavy (non-hydrogen) atoms. The molecule has 0 fully saturated rings. The fourth-order valence-electron chi connectivity index (χ4n) is 1.79. The highest BCUT2D eigenvalue weighted by Gasteiger charge is 2.46. The number of carbonyl (C=O) groups excluding carboxylic acids is 1. The number of hydrogen-bond acceptors (Lipinski definition) is 3. The minimum absolute atomic E-state index is 0.299. The van der Waals surface area contributed by atoms with Crippen molar-refractivity contribution in [3.05, 3.63) is 29.1 Å².